The monoisotopic (exact) mass is 420 g/mol. The first-order valence-corrected chi connectivity index (χ1v) is 9.43. The molecule has 0 amide bonds. The molecule has 10 heteroatoms. The number of rotatable bonds is 17. The third-order valence-electron chi connectivity index (χ3n) is 3.84. The van der Waals surface area contributed by atoms with Gasteiger partial charge in [0.1, 0.15) is 0 Å². The summed E-state index contributed by atoms with van der Waals surface area (Å²) in [5.41, 5.74) is 0. The summed E-state index contributed by atoms with van der Waals surface area (Å²) in [7, 11) is 0. The molecule has 0 bridgehead atoms. The molecular weight excluding hydrogens is 394 g/mol. The second kappa shape index (κ2) is 16.5. The maximum absolute atomic E-state index is 10.8. The van der Waals surface area contributed by atoms with Gasteiger partial charge in [-0.25, -0.2) is 0 Å². The standard InChI is InChI=1S/C20H26N3O7/c24-19-17-15-13-11-9-7-5-3-1-2-4-6-8-10-12-14-16-18-20(21(25)26,22(27)28)23(29)30/h2-5,8-11,14,16H,1,6-7,12-13,15,17-18H2. The Morgan fingerprint density at radius 2 is 1.00 bits per heavy atom. The third-order valence-corrected chi connectivity index (χ3v) is 3.84. The molecule has 0 aliphatic carbocycles. The van der Waals surface area contributed by atoms with Crippen LogP contribution in [0.2, 0.25) is 0 Å². The average Bonchev–Trinajstić information content (AvgIpc) is 2.69. The molecule has 0 N–H and O–H groups in total. The topological polar surface area (TPSA) is 146 Å². The van der Waals surface area contributed by atoms with Crippen molar-refractivity contribution in [2.24, 2.45) is 0 Å². The summed E-state index contributed by atoms with van der Waals surface area (Å²) in [6, 6.07) is 0. The summed E-state index contributed by atoms with van der Waals surface area (Å²) in [5.74, 6) is -3.44. The van der Waals surface area contributed by atoms with Crippen molar-refractivity contribution in [1.82, 2.24) is 0 Å². The van der Waals surface area contributed by atoms with Crippen LogP contribution in [0, 0.1) is 30.3 Å². The minimum Gasteiger partial charge on any atom is -0.291 e. The van der Waals surface area contributed by atoms with Gasteiger partial charge >= 0.3 is 5.79 Å². The van der Waals surface area contributed by atoms with E-state index in [9.17, 15) is 35.1 Å². The van der Waals surface area contributed by atoms with Gasteiger partial charge in [0.2, 0.25) is 0 Å². The fourth-order valence-corrected chi connectivity index (χ4v) is 2.16. The van der Waals surface area contributed by atoms with E-state index in [0.717, 1.165) is 31.8 Å². The lowest BCUT2D eigenvalue weighted by Crippen LogP contribution is -2.52. The number of carbonyl (C=O) groups excluding carboxylic acids is 1. The molecule has 0 spiro atoms. The van der Waals surface area contributed by atoms with E-state index < -0.39 is 27.0 Å². The molecule has 0 aliphatic rings. The van der Waals surface area contributed by atoms with Gasteiger partial charge in [0.15, 0.2) is 27.5 Å². The van der Waals surface area contributed by atoms with Crippen molar-refractivity contribution in [3.63, 3.8) is 0 Å². The zero-order valence-corrected chi connectivity index (χ0v) is 16.6. The molecule has 30 heavy (non-hydrogen) atoms. The normalized spacial score (nSPS) is 12.7. The van der Waals surface area contributed by atoms with E-state index in [1.807, 2.05) is 48.8 Å². The van der Waals surface area contributed by atoms with Gasteiger partial charge in [0, 0.05) is 6.42 Å². The molecule has 0 atom stereocenters. The van der Waals surface area contributed by atoms with Crippen LogP contribution in [0.1, 0.15) is 51.4 Å². The van der Waals surface area contributed by atoms with Crippen molar-refractivity contribution in [2.45, 2.75) is 57.2 Å². The second-order valence-electron chi connectivity index (χ2n) is 6.09. The first-order valence-electron chi connectivity index (χ1n) is 9.43. The van der Waals surface area contributed by atoms with E-state index in [2.05, 4.69) is 0 Å². The Morgan fingerprint density at radius 1 is 0.633 bits per heavy atom. The molecule has 0 aliphatic heterocycles. The van der Waals surface area contributed by atoms with Gasteiger partial charge in [-0.3, -0.25) is 35.1 Å². The molecule has 0 saturated heterocycles. The van der Waals surface area contributed by atoms with Crippen LogP contribution in [0.15, 0.2) is 60.8 Å². The highest BCUT2D eigenvalue weighted by atomic mass is 16.7. The average molecular weight is 420 g/mol. The Labute approximate surface area is 174 Å². The van der Waals surface area contributed by atoms with Crippen molar-refractivity contribution in [1.29, 1.82) is 0 Å². The smallest absolute Gasteiger partial charge is 0.291 e. The molecule has 1 radical (unpaired) electrons. The number of allylic oxidation sites excluding steroid dienone is 9. The summed E-state index contributed by atoms with van der Waals surface area (Å²) in [6.45, 7) is 0. The highest BCUT2D eigenvalue weighted by Gasteiger charge is 2.69. The SMILES string of the molecule is O=[C]CCCC=CCC=CCC=CCC=CCC=CCC([N+](=O)[O-])([N+](=O)[O-])[N+](=O)[O-]. The molecule has 0 aromatic carbocycles. The number of hydrogen-bond donors (Lipinski definition) is 0. The predicted octanol–water partition coefficient (Wildman–Crippen LogP) is 4.48. The van der Waals surface area contributed by atoms with E-state index in [1.54, 1.807) is 6.08 Å². The molecule has 0 aromatic heterocycles. The Bertz CT molecular complexity index is 673. The lowest BCUT2D eigenvalue weighted by molar-refractivity contribution is -0.968. The Kier molecular flexibility index (Phi) is 14.6. The molecular formula is C20H26N3O7. The minimum absolute atomic E-state index is 0.355. The van der Waals surface area contributed by atoms with Crippen LogP contribution in [0.5, 0.6) is 0 Å². The van der Waals surface area contributed by atoms with Gasteiger partial charge < -0.3 is 0 Å². The highest BCUT2D eigenvalue weighted by Crippen LogP contribution is 2.18. The van der Waals surface area contributed by atoms with Crippen LogP contribution in [-0.2, 0) is 4.79 Å². The molecule has 0 heterocycles. The summed E-state index contributed by atoms with van der Waals surface area (Å²) in [4.78, 5) is 37.9. The Balaban J connectivity index is 4.07. The number of unbranched alkanes of at least 4 members (excludes halogenated alkanes) is 2. The zero-order valence-electron chi connectivity index (χ0n) is 16.6. The van der Waals surface area contributed by atoms with Crippen LogP contribution < -0.4 is 0 Å². The molecule has 163 valence electrons. The van der Waals surface area contributed by atoms with Crippen molar-refractivity contribution < 1.29 is 19.6 Å². The first-order chi connectivity index (χ1) is 14.4. The van der Waals surface area contributed by atoms with Crippen molar-refractivity contribution in [3.8, 4) is 0 Å². The number of hydrogen-bond acceptors (Lipinski definition) is 7. The van der Waals surface area contributed by atoms with Crippen LogP contribution in [0.25, 0.3) is 0 Å². The van der Waals surface area contributed by atoms with E-state index in [1.165, 1.54) is 6.08 Å². The predicted molar refractivity (Wildman–Crippen MR) is 112 cm³/mol. The zero-order chi connectivity index (χ0) is 22.7. The van der Waals surface area contributed by atoms with E-state index in [0.29, 0.717) is 19.3 Å². The first kappa shape index (κ1) is 26.6. The maximum Gasteiger partial charge on any atom is 0.703 e. The molecule has 0 rings (SSSR count). The van der Waals surface area contributed by atoms with Gasteiger partial charge in [0.25, 0.3) is 0 Å². The summed E-state index contributed by atoms with van der Waals surface area (Å²) in [6.07, 6.45) is 24.0. The van der Waals surface area contributed by atoms with Gasteiger partial charge in [-0.1, -0.05) is 60.8 Å². The largest absolute Gasteiger partial charge is 0.703 e. The Morgan fingerprint density at radius 3 is 1.37 bits per heavy atom. The van der Waals surface area contributed by atoms with Crippen LogP contribution in [-0.4, -0.2) is 26.8 Å². The number of nitrogens with zero attached hydrogens (tertiary/aromatic N) is 3. The molecule has 0 unspecified atom stereocenters. The molecule has 0 aromatic rings. The van der Waals surface area contributed by atoms with E-state index in [-0.39, 0.29) is 0 Å². The second-order valence-corrected chi connectivity index (χ2v) is 6.09. The van der Waals surface area contributed by atoms with Crippen LogP contribution in [0.3, 0.4) is 0 Å². The molecule has 0 fully saturated rings. The summed E-state index contributed by atoms with van der Waals surface area (Å²) < 4.78 is 0. The van der Waals surface area contributed by atoms with Crippen molar-refractivity contribution in [3.05, 3.63) is 91.1 Å². The lowest BCUT2D eigenvalue weighted by Gasteiger charge is -2.06. The van der Waals surface area contributed by atoms with Crippen LogP contribution >= 0.6 is 0 Å². The van der Waals surface area contributed by atoms with Crippen molar-refractivity contribution >= 4 is 6.29 Å². The van der Waals surface area contributed by atoms with Gasteiger partial charge in [0.05, 0.1) is 0 Å². The fourth-order valence-electron chi connectivity index (χ4n) is 2.16. The Hall–Kier alpha value is -3.43. The minimum atomic E-state index is -3.44. The van der Waals surface area contributed by atoms with E-state index in [4.69, 9.17) is 0 Å². The highest BCUT2D eigenvalue weighted by molar-refractivity contribution is 5.50. The van der Waals surface area contributed by atoms with Crippen LogP contribution in [0.4, 0.5) is 0 Å². The van der Waals surface area contributed by atoms with E-state index >= 15 is 0 Å². The third kappa shape index (κ3) is 10.8. The van der Waals surface area contributed by atoms with Crippen molar-refractivity contribution in [2.75, 3.05) is 0 Å². The quantitative estimate of drug-likeness (QED) is 0.111. The fraction of sp³-hybridized carbons (Fsp3) is 0.450. The van der Waals surface area contributed by atoms with Gasteiger partial charge in [-0.05, 0) is 38.5 Å². The molecule has 10 nitrogen and oxygen atoms in total. The number of nitro groups is 3. The molecule has 0 saturated carbocycles. The van der Waals surface area contributed by atoms with Gasteiger partial charge in [-0.15, -0.1) is 0 Å². The maximum atomic E-state index is 10.8. The summed E-state index contributed by atoms with van der Waals surface area (Å²) >= 11 is 0. The van der Waals surface area contributed by atoms with Gasteiger partial charge in [-0.2, -0.15) is 0 Å². The summed E-state index contributed by atoms with van der Waals surface area (Å²) in [5, 5.41) is 32.3. The lowest BCUT2D eigenvalue weighted by atomic mass is 10.2.